The Morgan fingerprint density at radius 1 is 1.67 bits per heavy atom. The quantitative estimate of drug-likeness (QED) is 0.297. The maximum atomic E-state index is 9.06. The van der Waals surface area contributed by atoms with Gasteiger partial charge < -0.3 is 0 Å². The van der Waals surface area contributed by atoms with Crippen LogP contribution in [0.3, 0.4) is 0 Å². The maximum absolute atomic E-state index is 9.06. The van der Waals surface area contributed by atoms with Crippen LogP contribution in [0.15, 0.2) is 12.7 Å². The van der Waals surface area contributed by atoms with Gasteiger partial charge in [0.2, 0.25) is 0 Å². The summed E-state index contributed by atoms with van der Waals surface area (Å²) >= 11 is 3.53. The molecule has 0 fully saturated rings. The number of allylic oxidation sites excluding steroid dienone is 1. The van der Waals surface area contributed by atoms with Crippen molar-refractivity contribution in [1.82, 2.24) is 0 Å². The summed E-state index contributed by atoms with van der Waals surface area (Å²) in [6.45, 7) is 3.11. The molecule has 0 saturated heterocycles. The zero-order chi connectivity index (χ0) is 5.41. The molecule has 0 heterocycles. The van der Waals surface area contributed by atoms with Crippen LogP contribution >= 0.6 is 12.6 Å². The van der Waals surface area contributed by atoms with Crippen LogP contribution in [0.1, 0.15) is 0 Å². The summed E-state index contributed by atoms with van der Waals surface area (Å²) in [6, 6.07) is 0. The lowest BCUT2D eigenvalue weighted by molar-refractivity contribution is -0.104. The second-order valence-electron chi connectivity index (χ2n) is 0.372. The molecule has 1 nitrogen and oxygen atoms in total. The van der Waals surface area contributed by atoms with Gasteiger partial charge in [-0.05, 0) is 12.3 Å². The topological polar surface area (TPSA) is 17.1 Å². The fourth-order valence-electron chi connectivity index (χ4n) is 0. The standard InChI is InChI=1S/C3H4O.CH4S/c1-2-3-4;1-2/h2-3H,1H2;2H,1H3. The summed E-state index contributed by atoms with van der Waals surface area (Å²) in [7, 11) is 0. The maximum Gasteiger partial charge on any atom is 0.142 e. The molecule has 0 spiro atoms. The normalized spacial score (nSPS) is 4.33. The molecule has 0 unspecified atom stereocenters. The van der Waals surface area contributed by atoms with Gasteiger partial charge in [-0.1, -0.05) is 6.58 Å². The Labute approximate surface area is 43.5 Å². The molecule has 0 saturated carbocycles. The van der Waals surface area contributed by atoms with Gasteiger partial charge in [-0.25, -0.2) is 0 Å². The van der Waals surface area contributed by atoms with Gasteiger partial charge >= 0.3 is 0 Å². The molecule has 0 rings (SSSR count). The third kappa shape index (κ3) is 49.6. The van der Waals surface area contributed by atoms with Crippen molar-refractivity contribution in [1.29, 1.82) is 0 Å². The second-order valence-corrected chi connectivity index (χ2v) is 0.372. The van der Waals surface area contributed by atoms with Gasteiger partial charge in [0.05, 0.1) is 0 Å². The van der Waals surface area contributed by atoms with Crippen molar-refractivity contribution in [2.75, 3.05) is 6.26 Å². The summed E-state index contributed by atoms with van der Waals surface area (Å²) in [5.41, 5.74) is 0. The number of carbonyl (C=O) groups excluding carboxylic acids is 1. The molecule has 0 N–H and O–H groups in total. The molecule has 0 aliphatic carbocycles. The van der Waals surface area contributed by atoms with E-state index in [1.54, 1.807) is 6.26 Å². The number of aldehydes is 1. The molecule has 0 aromatic heterocycles. The summed E-state index contributed by atoms with van der Waals surface area (Å²) in [6.07, 6.45) is 3.53. The van der Waals surface area contributed by atoms with Gasteiger partial charge in [0.25, 0.3) is 0 Å². The highest BCUT2D eigenvalue weighted by Crippen LogP contribution is 1.35. The molecule has 2 heteroatoms. The monoisotopic (exact) mass is 104 g/mol. The number of thiol groups is 1. The van der Waals surface area contributed by atoms with E-state index in [4.69, 9.17) is 4.79 Å². The van der Waals surface area contributed by atoms with Crippen molar-refractivity contribution < 1.29 is 4.79 Å². The molecule has 0 aliphatic rings. The van der Waals surface area contributed by atoms with Gasteiger partial charge in [-0.15, -0.1) is 0 Å². The van der Waals surface area contributed by atoms with Crippen LogP contribution in [-0.4, -0.2) is 12.5 Å². The van der Waals surface area contributed by atoms with Crippen LogP contribution in [-0.2, 0) is 4.79 Å². The van der Waals surface area contributed by atoms with Crippen molar-refractivity contribution in [3.63, 3.8) is 0 Å². The molecule has 36 valence electrons. The first-order valence-electron chi connectivity index (χ1n) is 1.42. The summed E-state index contributed by atoms with van der Waals surface area (Å²) in [5, 5.41) is 0. The Morgan fingerprint density at radius 3 is 1.83 bits per heavy atom. The highest BCUT2D eigenvalue weighted by molar-refractivity contribution is 7.79. The molecule has 0 atom stereocenters. The first-order chi connectivity index (χ1) is 2.91. The molecule has 6 heavy (non-hydrogen) atoms. The van der Waals surface area contributed by atoms with Gasteiger partial charge in [0, 0.05) is 0 Å². The molecule has 0 amide bonds. The molecule has 0 aromatic carbocycles. The van der Waals surface area contributed by atoms with E-state index in [1.807, 2.05) is 0 Å². The second kappa shape index (κ2) is 21.7. The minimum atomic E-state index is 0.639. The first kappa shape index (κ1) is 9.23. The number of rotatable bonds is 1. The predicted molar refractivity (Wildman–Crippen MR) is 31.2 cm³/mol. The lowest BCUT2D eigenvalue weighted by Gasteiger charge is -1.37. The Bertz CT molecular complexity index is 28.5. The highest BCUT2D eigenvalue weighted by atomic mass is 32.1. The molecular formula is C4H8OS. The smallest absolute Gasteiger partial charge is 0.142 e. The third-order valence-corrected chi connectivity index (χ3v) is 0.0962. The fraction of sp³-hybridized carbons (Fsp3) is 0.250. The van der Waals surface area contributed by atoms with Crippen molar-refractivity contribution in [2.24, 2.45) is 0 Å². The largest absolute Gasteiger partial charge is 0.299 e. The Kier molecular flexibility index (Phi) is 33.4. The summed E-state index contributed by atoms with van der Waals surface area (Å²) in [5.74, 6) is 0. The van der Waals surface area contributed by atoms with Crippen molar-refractivity contribution in [2.45, 2.75) is 0 Å². The van der Waals surface area contributed by atoms with Crippen molar-refractivity contribution in [3.05, 3.63) is 12.7 Å². The van der Waals surface area contributed by atoms with E-state index in [1.165, 1.54) is 6.08 Å². The van der Waals surface area contributed by atoms with Crippen LogP contribution in [0.2, 0.25) is 0 Å². The lowest BCUT2D eigenvalue weighted by Crippen LogP contribution is -1.44. The fourth-order valence-corrected chi connectivity index (χ4v) is 0. The van der Waals surface area contributed by atoms with Crippen molar-refractivity contribution in [3.8, 4) is 0 Å². The Morgan fingerprint density at radius 2 is 1.83 bits per heavy atom. The van der Waals surface area contributed by atoms with Gasteiger partial charge in [-0.3, -0.25) is 4.79 Å². The van der Waals surface area contributed by atoms with E-state index < -0.39 is 0 Å². The molecule has 0 aromatic rings. The van der Waals surface area contributed by atoms with Crippen molar-refractivity contribution >= 4 is 18.9 Å². The predicted octanol–water partition coefficient (Wildman–Crippen LogP) is 0.917. The van der Waals surface area contributed by atoms with Gasteiger partial charge in [0.1, 0.15) is 6.29 Å². The number of hydrogen-bond acceptors (Lipinski definition) is 2. The first-order valence-corrected chi connectivity index (χ1v) is 2.32. The van der Waals surface area contributed by atoms with E-state index in [2.05, 4.69) is 19.2 Å². The minimum Gasteiger partial charge on any atom is -0.299 e. The van der Waals surface area contributed by atoms with Crippen LogP contribution in [0.5, 0.6) is 0 Å². The van der Waals surface area contributed by atoms with E-state index in [9.17, 15) is 0 Å². The number of carbonyl (C=O) groups is 1. The lowest BCUT2D eigenvalue weighted by atomic mass is 10.8. The molecule has 0 bridgehead atoms. The van der Waals surface area contributed by atoms with Crippen LogP contribution < -0.4 is 0 Å². The van der Waals surface area contributed by atoms with Crippen LogP contribution in [0.25, 0.3) is 0 Å². The minimum absolute atomic E-state index is 0.639. The Balaban J connectivity index is 0. The summed E-state index contributed by atoms with van der Waals surface area (Å²) in [4.78, 5) is 9.06. The average molecular weight is 104 g/mol. The van der Waals surface area contributed by atoms with Crippen LogP contribution in [0.4, 0.5) is 0 Å². The molecular weight excluding hydrogens is 96.1 g/mol. The highest BCUT2D eigenvalue weighted by Gasteiger charge is 1.38. The number of hydrogen-bond donors (Lipinski definition) is 1. The van der Waals surface area contributed by atoms with E-state index >= 15 is 0 Å². The average Bonchev–Trinajstić information content (AvgIpc) is 1.72. The third-order valence-electron chi connectivity index (χ3n) is 0.0962. The van der Waals surface area contributed by atoms with E-state index in [0.29, 0.717) is 6.29 Å². The van der Waals surface area contributed by atoms with Gasteiger partial charge in [-0.2, -0.15) is 12.6 Å². The van der Waals surface area contributed by atoms with Crippen LogP contribution in [0, 0.1) is 0 Å². The Hall–Kier alpha value is -0.240. The zero-order valence-corrected chi connectivity index (χ0v) is 4.61. The van der Waals surface area contributed by atoms with E-state index in [-0.39, 0.29) is 0 Å². The SMILES string of the molecule is C=CC=O.CS. The van der Waals surface area contributed by atoms with Gasteiger partial charge in [0.15, 0.2) is 0 Å². The molecule has 0 aliphatic heterocycles. The van der Waals surface area contributed by atoms with E-state index in [0.717, 1.165) is 0 Å². The molecule has 0 radical (unpaired) electrons. The summed E-state index contributed by atoms with van der Waals surface area (Å²) < 4.78 is 0. The zero-order valence-electron chi connectivity index (χ0n) is 3.72.